The molecule has 3 aromatic rings. The van der Waals surface area contributed by atoms with Crippen molar-refractivity contribution < 1.29 is 14.3 Å². The van der Waals surface area contributed by atoms with Crippen molar-refractivity contribution >= 4 is 16.7 Å². The van der Waals surface area contributed by atoms with Gasteiger partial charge in [-0.1, -0.05) is 54.6 Å². The van der Waals surface area contributed by atoms with E-state index in [-0.39, 0.29) is 12.6 Å². The molecule has 1 N–H and O–H groups in total. The van der Waals surface area contributed by atoms with Crippen LogP contribution in [0.2, 0.25) is 0 Å². The molecule has 0 aromatic heterocycles. The van der Waals surface area contributed by atoms with Crippen LogP contribution in [0.3, 0.4) is 0 Å². The van der Waals surface area contributed by atoms with Gasteiger partial charge < -0.3 is 14.8 Å². The SMILES string of the molecule is CCOC(=O)COc1cccc([C@H]2CC[C@@H](N[C@H](C)c3cccc4ccccc34)C2)c1. The summed E-state index contributed by atoms with van der Waals surface area (Å²) >= 11 is 0. The van der Waals surface area contributed by atoms with E-state index in [1.54, 1.807) is 6.92 Å². The topological polar surface area (TPSA) is 47.6 Å². The Morgan fingerprint density at radius 3 is 2.74 bits per heavy atom. The molecule has 162 valence electrons. The van der Waals surface area contributed by atoms with Crippen molar-refractivity contribution in [2.45, 2.75) is 51.1 Å². The molecule has 0 aliphatic heterocycles. The number of ether oxygens (including phenoxy) is 2. The molecule has 0 heterocycles. The van der Waals surface area contributed by atoms with Crippen molar-refractivity contribution in [2.24, 2.45) is 0 Å². The van der Waals surface area contributed by atoms with Crippen molar-refractivity contribution in [1.82, 2.24) is 5.32 Å². The molecule has 0 amide bonds. The maximum Gasteiger partial charge on any atom is 0.344 e. The summed E-state index contributed by atoms with van der Waals surface area (Å²) in [5, 5.41) is 6.48. The van der Waals surface area contributed by atoms with Gasteiger partial charge >= 0.3 is 5.97 Å². The van der Waals surface area contributed by atoms with Gasteiger partial charge in [0, 0.05) is 12.1 Å². The lowest BCUT2D eigenvalue weighted by Crippen LogP contribution is -2.29. The van der Waals surface area contributed by atoms with Crippen molar-refractivity contribution in [3.05, 3.63) is 77.9 Å². The van der Waals surface area contributed by atoms with Crippen molar-refractivity contribution in [2.75, 3.05) is 13.2 Å². The van der Waals surface area contributed by atoms with Gasteiger partial charge in [0.15, 0.2) is 6.61 Å². The quantitative estimate of drug-likeness (QED) is 0.473. The van der Waals surface area contributed by atoms with Gasteiger partial charge in [-0.15, -0.1) is 0 Å². The molecule has 1 saturated carbocycles. The van der Waals surface area contributed by atoms with Gasteiger partial charge in [0.2, 0.25) is 0 Å². The second-order valence-electron chi connectivity index (χ2n) is 8.33. The Kier molecular flexibility index (Phi) is 6.88. The molecule has 3 aromatic carbocycles. The molecule has 0 saturated heterocycles. The number of fused-ring (bicyclic) bond motifs is 1. The number of benzene rings is 3. The summed E-state index contributed by atoms with van der Waals surface area (Å²) in [7, 11) is 0. The molecular weight excluding hydrogens is 386 g/mol. The number of carbonyl (C=O) groups excluding carboxylic acids is 1. The van der Waals surface area contributed by atoms with Crippen LogP contribution >= 0.6 is 0 Å². The van der Waals surface area contributed by atoms with Gasteiger partial charge in [0.05, 0.1) is 6.61 Å². The Morgan fingerprint density at radius 2 is 1.87 bits per heavy atom. The van der Waals surface area contributed by atoms with E-state index < -0.39 is 0 Å². The average Bonchev–Trinajstić information content (AvgIpc) is 3.26. The summed E-state index contributed by atoms with van der Waals surface area (Å²) in [6.07, 6.45) is 3.42. The summed E-state index contributed by atoms with van der Waals surface area (Å²) < 4.78 is 10.6. The first-order valence-electron chi connectivity index (χ1n) is 11.3. The highest BCUT2D eigenvalue weighted by atomic mass is 16.6. The Bertz CT molecular complexity index is 1030. The zero-order valence-electron chi connectivity index (χ0n) is 18.3. The van der Waals surface area contributed by atoms with E-state index in [1.165, 1.54) is 21.9 Å². The molecule has 1 aliphatic carbocycles. The van der Waals surface area contributed by atoms with Crippen LogP contribution in [0.4, 0.5) is 0 Å². The van der Waals surface area contributed by atoms with Crippen LogP contribution in [-0.2, 0) is 9.53 Å². The van der Waals surface area contributed by atoms with E-state index in [0.717, 1.165) is 25.0 Å². The standard InChI is InChI=1S/C27H31NO3/c1-3-30-27(29)18-31-24-11-6-10-21(17-24)22-14-15-23(16-22)28-19(2)25-13-7-9-20-8-4-5-12-26(20)25/h4-13,17,19,22-23,28H,3,14-16,18H2,1-2H3/t19-,22+,23-/m1/s1. The lowest BCUT2D eigenvalue weighted by Gasteiger charge is -2.21. The fourth-order valence-corrected chi connectivity index (χ4v) is 4.71. The van der Waals surface area contributed by atoms with E-state index in [1.807, 2.05) is 12.1 Å². The van der Waals surface area contributed by atoms with Crippen molar-refractivity contribution in [1.29, 1.82) is 0 Å². The van der Waals surface area contributed by atoms with Gasteiger partial charge in [-0.2, -0.15) is 0 Å². The Labute approximate surface area is 184 Å². The van der Waals surface area contributed by atoms with Gasteiger partial charge in [-0.25, -0.2) is 4.79 Å². The minimum absolute atomic E-state index is 0.0469. The van der Waals surface area contributed by atoms with Gasteiger partial charge in [-0.3, -0.25) is 0 Å². The van der Waals surface area contributed by atoms with E-state index in [2.05, 4.69) is 66.8 Å². The van der Waals surface area contributed by atoms with Crippen LogP contribution in [0.1, 0.15) is 56.2 Å². The van der Waals surface area contributed by atoms with Crippen molar-refractivity contribution in [3.8, 4) is 5.75 Å². The fraction of sp³-hybridized carbons (Fsp3) is 0.370. The van der Waals surface area contributed by atoms with Crippen LogP contribution < -0.4 is 10.1 Å². The Hall–Kier alpha value is -2.85. The molecule has 4 rings (SSSR count). The van der Waals surface area contributed by atoms with E-state index in [0.29, 0.717) is 24.6 Å². The smallest absolute Gasteiger partial charge is 0.344 e. The first kappa shape index (κ1) is 21.4. The summed E-state index contributed by atoms with van der Waals surface area (Å²) in [5.74, 6) is 0.898. The second-order valence-corrected chi connectivity index (χ2v) is 8.33. The third-order valence-electron chi connectivity index (χ3n) is 6.20. The minimum Gasteiger partial charge on any atom is -0.482 e. The first-order chi connectivity index (χ1) is 15.1. The fourth-order valence-electron chi connectivity index (χ4n) is 4.71. The summed E-state index contributed by atoms with van der Waals surface area (Å²) in [6, 6.07) is 24.1. The third-order valence-corrected chi connectivity index (χ3v) is 6.20. The highest BCUT2D eigenvalue weighted by Gasteiger charge is 2.27. The normalized spacial score (nSPS) is 19.3. The molecule has 31 heavy (non-hydrogen) atoms. The zero-order valence-corrected chi connectivity index (χ0v) is 18.3. The Morgan fingerprint density at radius 1 is 1.06 bits per heavy atom. The maximum atomic E-state index is 11.5. The second kappa shape index (κ2) is 9.97. The Balaban J connectivity index is 1.37. The minimum atomic E-state index is -0.333. The van der Waals surface area contributed by atoms with Gasteiger partial charge in [-0.05, 0) is 73.1 Å². The van der Waals surface area contributed by atoms with Crippen LogP contribution in [0.25, 0.3) is 10.8 Å². The molecule has 0 spiro atoms. The predicted molar refractivity (Wildman–Crippen MR) is 124 cm³/mol. The number of esters is 1. The highest BCUT2D eigenvalue weighted by molar-refractivity contribution is 5.86. The number of hydrogen-bond acceptors (Lipinski definition) is 4. The average molecular weight is 418 g/mol. The van der Waals surface area contributed by atoms with Crippen LogP contribution in [0.15, 0.2) is 66.7 Å². The van der Waals surface area contributed by atoms with Crippen LogP contribution in [0.5, 0.6) is 5.75 Å². The molecule has 4 heteroatoms. The third kappa shape index (κ3) is 5.26. The van der Waals surface area contributed by atoms with E-state index in [4.69, 9.17) is 9.47 Å². The summed E-state index contributed by atoms with van der Waals surface area (Å²) in [6.45, 7) is 4.38. The predicted octanol–water partition coefficient (Wildman–Crippen LogP) is 5.77. The molecule has 0 radical (unpaired) electrons. The van der Waals surface area contributed by atoms with Crippen molar-refractivity contribution in [3.63, 3.8) is 0 Å². The summed E-state index contributed by atoms with van der Waals surface area (Å²) in [4.78, 5) is 11.5. The number of nitrogens with one attached hydrogen (secondary N) is 1. The van der Waals surface area contributed by atoms with E-state index >= 15 is 0 Å². The van der Waals surface area contributed by atoms with E-state index in [9.17, 15) is 4.79 Å². The lowest BCUT2D eigenvalue weighted by molar-refractivity contribution is -0.145. The molecule has 0 bridgehead atoms. The molecule has 0 unspecified atom stereocenters. The maximum absolute atomic E-state index is 11.5. The van der Waals surface area contributed by atoms with Gasteiger partial charge in [0.25, 0.3) is 0 Å². The monoisotopic (exact) mass is 417 g/mol. The molecule has 3 atom stereocenters. The summed E-state index contributed by atoms with van der Waals surface area (Å²) in [5.41, 5.74) is 2.64. The molecular formula is C27H31NO3. The molecule has 1 fully saturated rings. The van der Waals surface area contributed by atoms with Crippen LogP contribution in [-0.4, -0.2) is 25.2 Å². The zero-order chi connectivity index (χ0) is 21.6. The lowest BCUT2D eigenvalue weighted by atomic mass is 9.96. The number of carbonyl (C=O) groups is 1. The molecule has 1 aliphatic rings. The number of rotatable bonds is 8. The molecule has 4 nitrogen and oxygen atoms in total. The first-order valence-corrected chi connectivity index (χ1v) is 11.3. The van der Waals surface area contributed by atoms with Gasteiger partial charge in [0.1, 0.15) is 5.75 Å². The van der Waals surface area contributed by atoms with Crippen LogP contribution in [0, 0.1) is 0 Å². The number of hydrogen-bond donors (Lipinski definition) is 1. The largest absolute Gasteiger partial charge is 0.482 e. The highest BCUT2D eigenvalue weighted by Crippen LogP contribution is 2.37.